The van der Waals surface area contributed by atoms with E-state index in [-0.39, 0.29) is 25.7 Å². The van der Waals surface area contributed by atoms with E-state index in [1.54, 1.807) is 0 Å². The van der Waals surface area contributed by atoms with Crippen LogP contribution in [-0.2, 0) is 65.4 Å². The molecule has 6 atom stereocenters. The van der Waals surface area contributed by atoms with Crippen LogP contribution in [0.25, 0.3) is 0 Å². The molecule has 0 aromatic heterocycles. The van der Waals surface area contributed by atoms with E-state index in [0.29, 0.717) is 31.6 Å². The number of aliphatic hydroxyl groups is 1. The molecule has 0 aliphatic heterocycles. The highest BCUT2D eigenvalue weighted by Gasteiger charge is 2.30. The number of carbonyl (C=O) groups is 4. The van der Waals surface area contributed by atoms with Crippen LogP contribution in [0.3, 0.4) is 0 Å². The molecule has 0 aromatic rings. The van der Waals surface area contributed by atoms with Crippen molar-refractivity contribution in [1.82, 2.24) is 0 Å². The molecule has 4 unspecified atom stereocenters. The lowest BCUT2D eigenvalue weighted by molar-refractivity contribution is -0.161. The molecule has 0 saturated heterocycles. The van der Waals surface area contributed by atoms with E-state index in [2.05, 4.69) is 55.4 Å². The Kier molecular flexibility index (Phi) is 57.6. The molecule has 0 amide bonds. The van der Waals surface area contributed by atoms with Crippen LogP contribution in [0.15, 0.2) is 0 Å². The molecule has 0 spiro atoms. The summed E-state index contributed by atoms with van der Waals surface area (Å²) >= 11 is 0. The smallest absolute Gasteiger partial charge is 0.462 e. The summed E-state index contributed by atoms with van der Waals surface area (Å²) in [5, 5.41) is 10.6. The average molecular weight is 1300 g/mol. The van der Waals surface area contributed by atoms with Crippen molar-refractivity contribution >= 4 is 39.5 Å². The Labute approximate surface area is 537 Å². The van der Waals surface area contributed by atoms with Crippen molar-refractivity contribution < 1.29 is 80.2 Å². The molecule has 0 radical (unpaired) electrons. The molecule has 0 saturated carbocycles. The van der Waals surface area contributed by atoms with Crippen LogP contribution in [0.2, 0.25) is 0 Å². The molecule has 19 heteroatoms. The summed E-state index contributed by atoms with van der Waals surface area (Å²) in [6.45, 7) is 14.1. The third-order valence-corrected chi connectivity index (χ3v) is 18.1. The predicted octanol–water partition coefficient (Wildman–Crippen LogP) is 19.3. The van der Waals surface area contributed by atoms with Crippen LogP contribution < -0.4 is 0 Å². The Bertz CT molecular complexity index is 1750. The lowest BCUT2D eigenvalue weighted by Crippen LogP contribution is -2.30. The van der Waals surface area contributed by atoms with Gasteiger partial charge in [-0.2, -0.15) is 0 Å². The Morgan fingerprint density at radius 1 is 0.318 bits per heavy atom. The second-order valence-corrected chi connectivity index (χ2v) is 29.5. The Morgan fingerprint density at radius 3 is 0.807 bits per heavy atom. The maximum absolute atomic E-state index is 13.0. The minimum atomic E-state index is -4.95. The van der Waals surface area contributed by atoms with Crippen LogP contribution in [-0.4, -0.2) is 96.7 Å². The molecular formula is C69H134O17P2. The van der Waals surface area contributed by atoms with E-state index in [1.165, 1.54) is 135 Å². The third-order valence-electron chi connectivity index (χ3n) is 16.2. The van der Waals surface area contributed by atoms with Gasteiger partial charge in [-0.15, -0.1) is 0 Å². The lowest BCUT2D eigenvalue weighted by atomic mass is 9.99. The zero-order valence-corrected chi connectivity index (χ0v) is 59.1. The maximum Gasteiger partial charge on any atom is 0.472 e. The first-order chi connectivity index (χ1) is 42.1. The number of rotatable bonds is 66. The Morgan fingerprint density at radius 2 is 0.545 bits per heavy atom. The molecule has 522 valence electrons. The first-order valence-corrected chi connectivity index (χ1v) is 38.7. The van der Waals surface area contributed by atoms with Crippen molar-refractivity contribution in [1.29, 1.82) is 0 Å². The second kappa shape index (κ2) is 58.8. The van der Waals surface area contributed by atoms with E-state index in [0.717, 1.165) is 114 Å². The van der Waals surface area contributed by atoms with Crippen molar-refractivity contribution in [2.24, 2.45) is 23.7 Å². The number of ether oxygens (including phenoxy) is 4. The number of phosphoric acid groups is 2. The summed E-state index contributed by atoms with van der Waals surface area (Å²) in [7, 11) is -9.90. The zero-order chi connectivity index (χ0) is 65.4. The standard InChI is InChI=1S/C69H134O17P2/c1-9-62(8)48-40-32-24-17-19-27-36-44-52-69(74)86-64(55-79-66(71)49-41-33-25-18-16-22-30-38-46-60(4)5)57-83-87(75,76)81-53-63(70)54-82-88(77,78)84-58-65(56-80-67(72)50-42-34-28-20-23-31-39-47-61(6)7)85-68(73)51-43-35-26-15-13-11-10-12-14-21-29-37-45-59(2)3/h59-65,70H,9-58H2,1-8H3,(H,75,76)(H,77,78)/t62?,63?,64-,65-/m1/s1. The fraction of sp³-hybridized carbons (Fsp3) is 0.942. The van der Waals surface area contributed by atoms with E-state index >= 15 is 0 Å². The van der Waals surface area contributed by atoms with Crippen molar-refractivity contribution in [3.05, 3.63) is 0 Å². The normalized spacial score (nSPS) is 14.6. The van der Waals surface area contributed by atoms with Crippen molar-refractivity contribution in [3.8, 4) is 0 Å². The fourth-order valence-corrected chi connectivity index (χ4v) is 11.9. The third kappa shape index (κ3) is 61.6. The van der Waals surface area contributed by atoms with E-state index in [1.807, 2.05) is 0 Å². The molecule has 0 aromatic carbocycles. The molecule has 0 bridgehead atoms. The highest BCUT2D eigenvalue weighted by molar-refractivity contribution is 7.47. The van der Waals surface area contributed by atoms with Gasteiger partial charge in [0, 0.05) is 25.7 Å². The van der Waals surface area contributed by atoms with Crippen LogP contribution in [0.1, 0.15) is 338 Å². The van der Waals surface area contributed by atoms with Gasteiger partial charge in [0.25, 0.3) is 0 Å². The summed E-state index contributed by atoms with van der Waals surface area (Å²) in [4.78, 5) is 72.5. The maximum atomic E-state index is 13.0. The number of esters is 4. The molecule has 0 aliphatic rings. The number of hydrogen-bond donors (Lipinski definition) is 3. The second-order valence-electron chi connectivity index (χ2n) is 26.6. The number of carbonyl (C=O) groups excluding carboxylic acids is 4. The molecule has 0 rings (SSSR count). The van der Waals surface area contributed by atoms with Gasteiger partial charge in [0.15, 0.2) is 12.2 Å². The molecule has 0 aliphatic carbocycles. The lowest BCUT2D eigenvalue weighted by Gasteiger charge is -2.21. The molecule has 0 heterocycles. The van der Waals surface area contributed by atoms with E-state index in [4.69, 9.17) is 37.0 Å². The van der Waals surface area contributed by atoms with Gasteiger partial charge < -0.3 is 33.8 Å². The Hall–Kier alpha value is -1.94. The summed E-state index contributed by atoms with van der Waals surface area (Å²) in [6, 6.07) is 0. The SMILES string of the molecule is CCC(C)CCCCCCCCCCC(=O)O[C@H](COC(=O)CCCCCCCCCCC(C)C)COP(=O)(O)OCC(O)COP(=O)(O)OC[C@@H](COC(=O)CCCCCCCCCC(C)C)OC(=O)CCCCCCCCCCCCCCC(C)C. The minimum absolute atomic E-state index is 0.104. The number of unbranched alkanes of at least 4 members (excludes halogenated alkanes) is 31. The topological polar surface area (TPSA) is 237 Å². The van der Waals surface area contributed by atoms with Crippen molar-refractivity contribution in [3.63, 3.8) is 0 Å². The first kappa shape index (κ1) is 86.1. The number of aliphatic hydroxyl groups excluding tert-OH is 1. The molecular weight excluding hydrogens is 1160 g/mol. The monoisotopic (exact) mass is 1300 g/mol. The van der Waals surface area contributed by atoms with Crippen molar-refractivity contribution in [2.75, 3.05) is 39.6 Å². The predicted molar refractivity (Wildman–Crippen MR) is 354 cm³/mol. The number of hydrogen-bond acceptors (Lipinski definition) is 15. The summed E-state index contributed by atoms with van der Waals surface area (Å²) in [5.41, 5.74) is 0. The molecule has 3 N–H and O–H groups in total. The van der Waals surface area contributed by atoms with Crippen LogP contribution >= 0.6 is 15.6 Å². The van der Waals surface area contributed by atoms with Gasteiger partial charge in [0.05, 0.1) is 26.4 Å². The van der Waals surface area contributed by atoms with Gasteiger partial charge in [-0.05, 0) is 49.4 Å². The first-order valence-electron chi connectivity index (χ1n) is 35.7. The highest BCUT2D eigenvalue weighted by Crippen LogP contribution is 2.45. The van der Waals surface area contributed by atoms with Gasteiger partial charge in [-0.1, -0.05) is 287 Å². The Balaban J connectivity index is 5.26. The molecule has 0 fully saturated rings. The van der Waals surface area contributed by atoms with Crippen molar-refractivity contribution in [2.45, 2.75) is 356 Å². The van der Waals surface area contributed by atoms with Gasteiger partial charge in [0.1, 0.15) is 19.3 Å². The molecule has 88 heavy (non-hydrogen) atoms. The van der Waals surface area contributed by atoms with Gasteiger partial charge >= 0.3 is 39.5 Å². The van der Waals surface area contributed by atoms with E-state index in [9.17, 15) is 43.2 Å². The van der Waals surface area contributed by atoms with Crippen LogP contribution in [0.4, 0.5) is 0 Å². The molecule has 17 nitrogen and oxygen atoms in total. The van der Waals surface area contributed by atoms with Crippen LogP contribution in [0, 0.1) is 23.7 Å². The summed E-state index contributed by atoms with van der Waals surface area (Å²) in [6.07, 6.45) is 40.3. The summed E-state index contributed by atoms with van der Waals surface area (Å²) in [5.74, 6) is 0.845. The minimum Gasteiger partial charge on any atom is -0.462 e. The quantitative estimate of drug-likeness (QED) is 0.0222. The van der Waals surface area contributed by atoms with Crippen LogP contribution in [0.5, 0.6) is 0 Å². The number of phosphoric ester groups is 2. The zero-order valence-electron chi connectivity index (χ0n) is 57.3. The van der Waals surface area contributed by atoms with Gasteiger partial charge in [-0.3, -0.25) is 37.3 Å². The summed E-state index contributed by atoms with van der Waals surface area (Å²) < 4.78 is 68.2. The van der Waals surface area contributed by atoms with E-state index < -0.39 is 97.5 Å². The largest absolute Gasteiger partial charge is 0.472 e. The van der Waals surface area contributed by atoms with Gasteiger partial charge in [0.2, 0.25) is 0 Å². The van der Waals surface area contributed by atoms with Gasteiger partial charge in [-0.25, -0.2) is 9.13 Å². The average Bonchev–Trinajstić information content (AvgIpc) is 3.55. The fourth-order valence-electron chi connectivity index (χ4n) is 10.3. The highest BCUT2D eigenvalue weighted by atomic mass is 31.2.